The van der Waals surface area contributed by atoms with Crippen LogP contribution in [0.15, 0.2) is 40.8 Å². The quantitative estimate of drug-likeness (QED) is 0.802. The predicted molar refractivity (Wildman–Crippen MR) is 94.7 cm³/mol. The van der Waals surface area contributed by atoms with Crippen LogP contribution in [0, 0.1) is 6.92 Å². The van der Waals surface area contributed by atoms with Crippen LogP contribution in [0.25, 0.3) is 22.2 Å². The third-order valence-corrected chi connectivity index (χ3v) is 4.58. The summed E-state index contributed by atoms with van der Waals surface area (Å²) in [6, 6.07) is 12.7. The molecule has 2 aromatic carbocycles. The summed E-state index contributed by atoms with van der Waals surface area (Å²) in [4.78, 5) is 6.64. The Morgan fingerprint density at radius 1 is 1.17 bits per heavy atom. The SMILES string of the molecule is Cc1cc(-c2cccc3nc(N)oc23)ccc1CN1CCOCC1. The maximum absolute atomic E-state index is 5.70. The molecule has 1 saturated heterocycles. The number of hydrogen-bond donors (Lipinski definition) is 1. The molecule has 0 amide bonds. The third-order valence-electron chi connectivity index (χ3n) is 4.58. The molecule has 3 aromatic rings. The van der Waals surface area contributed by atoms with Gasteiger partial charge in [0, 0.05) is 25.2 Å². The largest absolute Gasteiger partial charge is 0.423 e. The maximum Gasteiger partial charge on any atom is 0.293 e. The highest BCUT2D eigenvalue weighted by atomic mass is 16.5. The fourth-order valence-corrected chi connectivity index (χ4v) is 3.23. The number of ether oxygens (including phenoxy) is 1. The molecule has 2 N–H and O–H groups in total. The van der Waals surface area contributed by atoms with Crippen LogP contribution < -0.4 is 5.73 Å². The molecule has 0 radical (unpaired) electrons. The number of nitrogens with two attached hydrogens (primary N) is 1. The molecule has 5 nitrogen and oxygen atoms in total. The smallest absolute Gasteiger partial charge is 0.293 e. The van der Waals surface area contributed by atoms with Gasteiger partial charge in [-0.3, -0.25) is 4.90 Å². The van der Waals surface area contributed by atoms with E-state index < -0.39 is 0 Å². The van der Waals surface area contributed by atoms with E-state index in [0.29, 0.717) is 0 Å². The van der Waals surface area contributed by atoms with Crippen LogP contribution in [0.4, 0.5) is 6.01 Å². The minimum Gasteiger partial charge on any atom is -0.423 e. The lowest BCUT2D eigenvalue weighted by atomic mass is 9.99. The number of oxazole rings is 1. The van der Waals surface area contributed by atoms with Gasteiger partial charge in [0.2, 0.25) is 0 Å². The molecule has 2 heterocycles. The van der Waals surface area contributed by atoms with E-state index in [1.54, 1.807) is 0 Å². The Bertz CT molecular complexity index is 866. The van der Waals surface area contributed by atoms with Gasteiger partial charge in [-0.15, -0.1) is 0 Å². The Hall–Kier alpha value is -2.37. The number of nitrogens with zero attached hydrogens (tertiary/aromatic N) is 2. The second-order valence-electron chi connectivity index (χ2n) is 6.24. The van der Waals surface area contributed by atoms with Crippen molar-refractivity contribution < 1.29 is 9.15 Å². The summed E-state index contributed by atoms with van der Waals surface area (Å²) in [5.41, 5.74) is 12.0. The monoisotopic (exact) mass is 323 g/mol. The zero-order valence-corrected chi connectivity index (χ0v) is 13.8. The molecule has 1 fully saturated rings. The number of hydrogen-bond acceptors (Lipinski definition) is 5. The van der Waals surface area contributed by atoms with Crippen LogP contribution in [0.3, 0.4) is 0 Å². The minimum atomic E-state index is 0.207. The average molecular weight is 323 g/mol. The summed E-state index contributed by atoms with van der Waals surface area (Å²) in [5, 5.41) is 0. The molecular weight excluding hydrogens is 302 g/mol. The van der Waals surface area contributed by atoms with Gasteiger partial charge < -0.3 is 14.9 Å². The molecule has 4 rings (SSSR count). The Balaban J connectivity index is 1.65. The molecule has 5 heteroatoms. The lowest BCUT2D eigenvalue weighted by Gasteiger charge is -2.27. The van der Waals surface area contributed by atoms with Gasteiger partial charge in [-0.1, -0.05) is 30.3 Å². The van der Waals surface area contributed by atoms with Gasteiger partial charge in [-0.25, -0.2) is 0 Å². The maximum atomic E-state index is 5.70. The lowest BCUT2D eigenvalue weighted by molar-refractivity contribution is 0.0341. The zero-order valence-electron chi connectivity index (χ0n) is 13.8. The Morgan fingerprint density at radius 2 is 2.00 bits per heavy atom. The van der Waals surface area contributed by atoms with Crippen molar-refractivity contribution in [3.05, 3.63) is 47.5 Å². The van der Waals surface area contributed by atoms with Crippen LogP contribution in [0.2, 0.25) is 0 Å². The van der Waals surface area contributed by atoms with Crippen molar-refractivity contribution in [3.8, 4) is 11.1 Å². The number of nitrogen functional groups attached to an aromatic ring is 1. The number of morpholine rings is 1. The first-order valence-electron chi connectivity index (χ1n) is 8.26. The molecular formula is C19H21N3O2. The number of anilines is 1. The summed E-state index contributed by atoms with van der Waals surface area (Å²) in [6.07, 6.45) is 0. The lowest BCUT2D eigenvalue weighted by Crippen LogP contribution is -2.35. The molecule has 1 aliphatic heterocycles. The predicted octanol–water partition coefficient (Wildman–Crippen LogP) is 3.22. The molecule has 1 aliphatic rings. The molecule has 0 bridgehead atoms. The molecule has 0 spiro atoms. The van der Waals surface area contributed by atoms with E-state index in [1.807, 2.05) is 18.2 Å². The molecule has 124 valence electrons. The minimum absolute atomic E-state index is 0.207. The van der Waals surface area contributed by atoms with Gasteiger partial charge in [0.05, 0.1) is 13.2 Å². The molecule has 24 heavy (non-hydrogen) atoms. The van der Waals surface area contributed by atoms with Gasteiger partial charge in [-0.05, 0) is 29.7 Å². The molecule has 0 unspecified atom stereocenters. The second-order valence-corrected chi connectivity index (χ2v) is 6.24. The summed E-state index contributed by atoms with van der Waals surface area (Å²) in [5.74, 6) is 0. The highest BCUT2D eigenvalue weighted by Gasteiger charge is 2.14. The topological polar surface area (TPSA) is 64.5 Å². The van der Waals surface area contributed by atoms with Gasteiger partial charge in [-0.2, -0.15) is 4.98 Å². The van der Waals surface area contributed by atoms with E-state index in [4.69, 9.17) is 14.9 Å². The van der Waals surface area contributed by atoms with Crippen LogP contribution >= 0.6 is 0 Å². The molecule has 0 atom stereocenters. The fraction of sp³-hybridized carbons (Fsp3) is 0.316. The highest BCUT2D eigenvalue weighted by Crippen LogP contribution is 2.31. The summed E-state index contributed by atoms with van der Waals surface area (Å²) in [7, 11) is 0. The van der Waals surface area contributed by atoms with Gasteiger partial charge in [0.15, 0.2) is 5.58 Å². The number of para-hydroxylation sites is 1. The summed E-state index contributed by atoms with van der Waals surface area (Å²) >= 11 is 0. The first-order chi connectivity index (χ1) is 11.7. The van der Waals surface area contributed by atoms with E-state index in [1.165, 1.54) is 11.1 Å². The van der Waals surface area contributed by atoms with Gasteiger partial charge in [0.25, 0.3) is 6.01 Å². The van der Waals surface area contributed by atoms with Crippen LogP contribution in [-0.2, 0) is 11.3 Å². The molecule has 0 saturated carbocycles. The number of aryl methyl sites for hydroxylation is 1. The van der Waals surface area contributed by atoms with Crippen molar-refractivity contribution in [2.75, 3.05) is 32.0 Å². The van der Waals surface area contributed by atoms with Gasteiger partial charge >= 0.3 is 0 Å². The molecule has 1 aromatic heterocycles. The number of rotatable bonds is 3. The average Bonchev–Trinajstić information content (AvgIpc) is 2.98. The number of benzene rings is 2. The van der Waals surface area contributed by atoms with Crippen molar-refractivity contribution in [2.24, 2.45) is 0 Å². The van der Waals surface area contributed by atoms with Gasteiger partial charge in [0.1, 0.15) is 5.52 Å². The normalized spacial score (nSPS) is 15.9. The van der Waals surface area contributed by atoms with E-state index >= 15 is 0 Å². The number of aromatic nitrogens is 1. The third kappa shape index (κ3) is 2.88. The summed E-state index contributed by atoms with van der Waals surface area (Å²) < 4.78 is 11.0. The first kappa shape index (κ1) is 15.2. The van der Waals surface area contributed by atoms with Crippen molar-refractivity contribution in [1.82, 2.24) is 9.88 Å². The number of fused-ring (bicyclic) bond motifs is 1. The van der Waals surface area contributed by atoms with Crippen molar-refractivity contribution in [2.45, 2.75) is 13.5 Å². The zero-order chi connectivity index (χ0) is 16.5. The Kier molecular flexibility index (Phi) is 3.96. The van der Waals surface area contributed by atoms with Crippen LogP contribution in [0.1, 0.15) is 11.1 Å². The first-order valence-corrected chi connectivity index (χ1v) is 8.26. The van der Waals surface area contributed by atoms with Crippen LogP contribution in [0.5, 0.6) is 0 Å². The van der Waals surface area contributed by atoms with E-state index in [0.717, 1.165) is 55.1 Å². The Labute approximate surface area is 141 Å². The van der Waals surface area contributed by atoms with Crippen molar-refractivity contribution in [1.29, 1.82) is 0 Å². The van der Waals surface area contributed by atoms with Crippen molar-refractivity contribution >= 4 is 17.1 Å². The highest BCUT2D eigenvalue weighted by molar-refractivity contribution is 5.91. The molecule has 0 aliphatic carbocycles. The standard InChI is InChI=1S/C19H21N3O2/c1-13-11-14(5-6-15(13)12-22-7-9-23-10-8-22)16-3-2-4-17-18(16)24-19(20)21-17/h2-6,11H,7-10,12H2,1H3,(H2,20,21). The summed E-state index contributed by atoms with van der Waals surface area (Å²) in [6.45, 7) is 6.77. The van der Waals surface area contributed by atoms with E-state index in [-0.39, 0.29) is 6.01 Å². The van der Waals surface area contributed by atoms with E-state index in [9.17, 15) is 0 Å². The fourth-order valence-electron chi connectivity index (χ4n) is 3.23. The van der Waals surface area contributed by atoms with Crippen LogP contribution in [-0.4, -0.2) is 36.2 Å². The van der Waals surface area contributed by atoms with Crippen molar-refractivity contribution in [3.63, 3.8) is 0 Å². The van der Waals surface area contributed by atoms with E-state index in [2.05, 4.69) is 35.0 Å². The Morgan fingerprint density at radius 3 is 2.79 bits per heavy atom. The second kappa shape index (κ2) is 6.26.